The molecule has 0 bridgehead atoms. The van der Waals surface area contributed by atoms with Crippen LogP contribution in [0.3, 0.4) is 0 Å². The Bertz CT molecular complexity index is 584. The van der Waals surface area contributed by atoms with Gasteiger partial charge in [0, 0.05) is 24.1 Å². The van der Waals surface area contributed by atoms with Crippen LogP contribution in [0, 0.1) is 17.6 Å². The maximum Gasteiger partial charge on any atom is 0.230 e. The summed E-state index contributed by atoms with van der Waals surface area (Å²) >= 11 is 0. The van der Waals surface area contributed by atoms with Gasteiger partial charge in [0.05, 0.1) is 11.5 Å². The Morgan fingerprint density at radius 3 is 2.57 bits per heavy atom. The molecule has 2 N–H and O–H groups in total. The number of aliphatic hydroxyl groups excluding tert-OH is 1. The van der Waals surface area contributed by atoms with Crippen LogP contribution in [0.25, 0.3) is 0 Å². The molecule has 0 heterocycles. The van der Waals surface area contributed by atoms with Crippen LogP contribution in [0.1, 0.15) is 50.5 Å². The number of halogens is 2. The smallest absolute Gasteiger partial charge is 0.230 e. The fourth-order valence-electron chi connectivity index (χ4n) is 4.12. The minimum Gasteiger partial charge on any atom is -0.393 e. The lowest BCUT2D eigenvalue weighted by molar-refractivity contribution is -0.127. The average molecular weight is 323 g/mol. The Kier molecular flexibility index (Phi) is 4.67. The van der Waals surface area contributed by atoms with Crippen molar-refractivity contribution in [2.24, 2.45) is 5.92 Å². The van der Waals surface area contributed by atoms with E-state index >= 15 is 0 Å². The van der Waals surface area contributed by atoms with Crippen LogP contribution >= 0.6 is 0 Å². The van der Waals surface area contributed by atoms with Crippen molar-refractivity contribution < 1.29 is 18.7 Å². The Balaban J connectivity index is 1.78. The summed E-state index contributed by atoms with van der Waals surface area (Å²) < 4.78 is 27.4. The molecule has 2 aliphatic carbocycles. The predicted molar refractivity (Wildman–Crippen MR) is 82.9 cm³/mol. The topological polar surface area (TPSA) is 49.3 Å². The normalized spacial score (nSPS) is 26.4. The van der Waals surface area contributed by atoms with Gasteiger partial charge in [0.25, 0.3) is 0 Å². The third-order valence-corrected chi connectivity index (χ3v) is 5.48. The number of benzene rings is 1. The van der Waals surface area contributed by atoms with E-state index in [0.717, 1.165) is 38.2 Å². The fourth-order valence-corrected chi connectivity index (χ4v) is 4.12. The summed E-state index contributed by atoms with van der Waals surface area (Å²) in [7, 11) is 0. The molecule has 0 radical (unpaired) electrons. The summed E-state index contributed by atoms with van der Waals surface area (Å²) in [5, 5.41) is 12.8. The Hall–Kier alpha value is -1.49. The monoisotopic (exact) mass is 323 g/mol. The molecule has 1 amide bonds. The van der Waals surface area contributed by atoms with Crippen LogP contribution in [0.4, 0.5) is 8.78 Å². The van der Waals surface area contributed by atoms with Gasteiger partial charge in [-0.1, -0.05) is 25.3 Å². The van der Waals surface area contributed by atoms with E-state index in [0.29, 0.717) is 24.9 Å². The first-order chi connectivity index (χ1) is 11.0. The molecule has 2 saturated carbocycles. The van der Waals surface area contributed by atoms with Gasteiger partial charge in [0.2, 0.25) is 5.91 Å². The van der Waals surface area contributed by atoms with E-state index in [1.54, 1.807) is 0 Å². The number of nitrogens with one attached hydrogen (secondary N) is 1. The number of carbonyl (C=O) groups excluding carboxylic acids is 1. The van der Waals surface area contributed by atoms with E-state index in [9.17, 15) is 18.7 Å². The molecule has 3 nitrogen and oxygen atoms in total. The summed E-state index contributed by atoms with van der Waals surface area (Å²) in [4.78, 5) is 12.8. The lowest BCUT2D eigenvalue weighted by Crippen LogP contribution is -2.45. The van der Waals surface area contributed by atoms with Gasteiger partial charge in [-0.3, -0.25) is 4.79 Å². The molecule has 5 heteroatoms. The number of hydrogen-bond donors (Lipinski definition) is 2. The predicted octanol–water partition coefficient (Wildman–Crippen LogP) is 3.05. The highest BCUT2D eigenvalue weighted by atomic mass is 19.1. The Morgan fingerprint density at radius 2 is 1.96 bits per heavy atom. The minimum absolute atomic E-state index is 0.0791. The molecule has 126 valence electrons. The van der Waals surface area contributed by atoms with Crippen molar-refractivity contribution >= 4 is 5.91 Å². The Labute approximate surface area is 135 Å². The second-order valence-electron chi connectivity index (χ2n) is 6.88. The number of rotatable bonds is 4. The van der Waals surface area contributed by atoms with Crippen molar-refractivity contribution in [3.8, 4) is 0 Å². The van der Waals surface area contributed by atoms with Gasteiger partial charge in [-0.15, -0.1) is 0 Å². The van der Waals surface area contributed by atoms with E-state index in [2.05, 4.69) is 5.32 Å². The lowest BCUT2D eigenvalue weighted by atomic mass is 9.77. The summed E-state index contributed by atoms with van der Waals surface area (Å²) in [6.07, 6.45) is 5.16. The average Bonchev–Trinajstić information content (AvgIpc) is 3.15. The largest absolute Gasteiger partial charge is 0.393 e. The molecule has 2 atom stereocenters. The van der Waals surface area contributed by atoms with Gasteiger partial charge in [0.15, 0.2) is 0 Å². The van der Waals surface area contributed by atoms with Crippen molar-refractivity contribution in [1.29, 1.82) is 0 Å². The van der Waals surface area contributed by atoms with Gasteiger partial charge in [0.1, 0.15) is 11.6 Å². The first-order valence-corrected chi connectivity index (χ1v) is 8.45. The lowest BCUT2D eigenvalue weighted by Gasteiger charge is -2.29. The molecule has 0 spiro atoms. The van der Waals surface area contributed by atoms with Crippen molar-refractivity contribution in [2.75, 3.05) is 6.54 Å². The molecule has 1 aromatic rings. The van der Waals surface area contributed by atoms with E-state index in [-0.39, 0.29) is 17.9 Å². The zero-order chi connectivity index (χ0) is 16.4. The van der Waals surface area contributed by atoms with E-state index in [1.165, 1.54) is 12.1 Å². The first-order valence-electron chi connectivity index (χ1n) is 8.45. The van der Waals surface area contributed by atoms with Crippen LogP contribution in [0.5, 0.6) is 0 Å². The minimum atomic E-state index is -0.901. The van der Waals surface area contributed by atoms with Crippen LogP contribution in [-0.2, 0) is 10.2 Å². The molecule has 0 saturated heterocycles. The standard InChI is InChI=1S/C18H23F2NO2/c19-13-6-7-14(15(20)10-13)18(8-1-2-9-18)17(23)21-11-12-4-3-5-16(12)22/h6-7,10,12,16,22H,1-5,8-9,11H2,(H,21,23). The number of hydrogen-bond acceptors (Lipinski definition) is 2. The Morgan fingerprint density at radius 1 is 1.22 bits per heavy atom. The molecule has 2 fully saturated rings. The summed E-state index contributed by atoms with van der Waals surface area (Å²) in [5.74, 6) is -1.40. The zero-order valence-electron chi connectivity index (χ0n) is 13.2. The third kappa shape index (κ3) is 3.11. The van der Waals surface area contributed by atoms with Crippen LogP contribution < -0.4 is 5.32 Å². The van der Waals surface area contributed by atoms with Crippen molar-refractivity contribution in [2.45, 2.75) is 56.5 Å². The zero-order valence-corrected chi connectivity index (χ0v) is 13.2. The molecule has 2 aliphatic rings. The van der Waals surface area contributed by atoms with Gasteiger partial charge in [-0.25, -0.2) is 8.78 Å². The molecule has 23 heavy (non-hydrogen) atoms. The van der Waals surface area contributed by atoms with Gasteiger partial charge in [-0.2, -0.15) is 0 Å². The fraction of sp³-hybridized carbons (Fsp3) is 0.611. The van der Waals surface area contributed by atoms with Gasteiger partial charge in [-0.05, 0) is 31.7 Å². The van der Waals surface area contributed by atoms with Crippen molar-refractivity contribution in [1.82, 2.24) is 5.32 Å². The van der Waals surface area contributed by atoms with Gasteiger partial charge < -0.3 is 10.4 Å². The maximum atomic E-state index is 14.3. The van der Waals surface area contributed by atoms with E-state index < -0.39 is 17.0 Å². The van der Waals surface area contributed by atoms with Crippen molar-refractivity contribution in [3.05, 3.63) is 35.4 Å². The van der Waals surface area contributed by atoms with E-state index in [1.807, 2.05) is 0 Å². The van der Waals surface area contributed by atoms with Crippen molar-refractivity contribution in [3.63, 3.8) is 0 Å². The molecule has 1 aromatic carbocycles. The summed E-state index contributed by atoms with van der Waals surface area (Å²) in [5.41, 5.74) is -0.609. The highest BCUT2D eigenvalue weighted by molar-refractivity contribution is 5.88. The number of carbonyl (C=O) groups is 1. The van der Waals surface area contributed by atoms with Gasteiger partial charge >= 0.3 is 0 Å². The number of aliphatic hydroxyl groups is 1. The van der Waals surface area contributed by atoms with Crippen LogP contribution in [0.15, 0.2) is 18.2 Å². The molecule has 0 aliphatic heterocycles. The third-order valence-electron chi connectivity index (χ3n) is 5.48. The molecular weight excluding hydrogens is 300 g/mol. The summed E-state index contributed by atoms with van der Waals surface area (Å²) in [6, 6.07) is 3.47. The van der Waals surface area contributed by atoms with Crippen LogP contribution in [-0.4, -0.2) is 23.7 Å². The quantitative estimate of drug-likeness (QED) is 0.895. The summed E-state index contributed by atoms with van der Waals surface area (Å²) in [6.45, 7) is 0.421. The number of amides is 1. The first kappa shape index (κ1) is 16.4. The maximum absolute atomic E-state index is 14.3. The highest BCUT2D eigenvalue weighted by Crippen LogP contribution is 2.42. The van der Waals surface area contributed by atoms with E-state index in [4.69, 9.17) is 0 Å². The second-order valence-corrected chi connectivity index (χ2v) is 6.88. The molecular formula is C18H23F2NO2. The van der Waals surface area contributed by atoms with Crippen LogP contribution in [0.2, 0.25) is 0 Å². The second kappa shape index (κ2) is 6.56. The molecule has 0 aromatic heterocycles. The molecule has 2 unspecified atom stereocenters. The SMILES string of the molecule is O=C(NCC1CCCC1O)C1(c2ccc(F)cc2F)CCCC1. The highest BCUT2D eigenvalue weighted by Gasteiger charge is 2.44. The molecule has 3 rings (SSSR count).